The van der Waals surface area contributed by atoms with E-state index >= 15 is 0 Å². The predicted octanol–water partition coefficient (Wildman–Crippen LogP) is 3.01. The second kappa shape index (κ2) is 9.23. The maximum absolute atomic E-state index is 12.9. The summed E-state index contributed by atoms with van der Waals surface area (Å²) in [4.78, 5) is 38.5. The van der Waals surface area contributed by atoms with E-state index in [2.05, 4.69) is 17.4 Å². The van der Waals surface area contributed by atoms with Gasteiger partial charge in [-0.25, -0.2) is 9.59 Å². The summed E-state index contributed by atoms with van der Waals surface area (Å²) in [6, 6.07) is 15.3. The molecule has 8 nitrogen and oxygen atoms in total. The number of hydrogen-bond acceptors (Lipinski definition) is 5. The number of aliphatic carboxylic acids is 1. The van der Waals surface area contributed by atoms with Crippen LogP contribution in [0.4, 0.5) is 4.79 Å². The van der Waals surface area contributed by atoms with Crippen molar-refractivity contribution in [3.8, 4) is 11.1 Å². The van der Waals surface area contributed by atoms with Crippen molar-refractivity contribution in [3.05, 3.63) is 59.7 Å². The van der Waals surface area contributed by atoms with Crippen LogP contribution in [-0.2, 0) is 19.1 Å². The van der Waals surface area contributed by atoms with Gasteiger partial charge in [0.15, 0.2) is 5.60 Å². The third-order valence-corrected chi connectivity index (χ3v) is 6.67. The second-order valence-corrected chi connectivity index (χ2v) is 8.44. The van der Waals surface area contributed by atoms with Crippen molar-refractivity contribution in [2.75, 3.05) is 26.8 Å². The molecule has 2 aromatic carbocycles. The monoisotopic (exact) mass is 452 g/mol. The van der Waals surface area contributed by atoms with E-state index in [-0.39, 0.29) is 37.9 Å². The third kappa shape index (κ3) is 4.18. The van der Waals surface area contributed by atoms with Crippen LogP contribution in [0.15, 0.2) is 48.5 Å². The Morgan fingerprint density at radius 3 is 2.24 bits per heavy atom. The van der Waals surface area contributed by atoms with Crippen molar-refractivity contribution in [2.45, 2.75) is 37.3 Å². The lowest BCUT2D eigenvalue weighted by Gasteiger charge is -2.26. The van der Waals surface area contributed by atoms with Gasteiger partial charge in [0, 0.05) is 26.0 Å². The highest BCUT2D eigenvalue weighted by molar-refractivity contribution is 5.88. The highest BCUT2D eigenvalue weighted by atomic mass is 16.5. The summed E-state index contributed by atoms with van der Waals surface area (Å²) >= 11 is 0. The number of fused-ring (bicyclic) bond motifs is 3. The van der Waals surface area contributed by atoms with E-state index < -0.39 is 23.7 Å². The number of methoxy groups -OCH3 is 1. The van der Waals surface area contributed by atoms with Crippen LogP contribution in [0.2, 0.25) is 0 Å². The summed E-state index contributed by atoms with van der Waals surface area (Å²) in [5.74, 6) is -1.51. The van der Waals surface area contributed by atoms with E-state index in [0.717, 1.165) is 22.3 Å². The fraction of sp³-hybridized carbons (Fsp3) is 0.400. The molecule has 0 aromatic heterocycles. The molecule has 174 valence electrons. The lowest BCUT2D eigenvalue weighted by molar-refractivity contribution is -0.161. The average Bonchev–Trinajstić information content (AvgIpc) is 3.42. The van der Waals surface area contributed by atoms with Crippen molar-refractivity contribution in [1.82, 2.24) is 10.2 Å². The molecule has 4 rings (SSSR count). The summed E-state index contributed by atoms with van der Waals surface area (Å²) in [6.07, 6.45) is -0.120. The van der Waals surface area contributed by atoms with E-state index in [1.165, 1.54) is 12.0 Å². The van der Waals surface area contributed by atoms with Gasteiger partial charge < -0.3 is 24.8 Å². The van der Waals surface area contributed by atoms with E-state index in [4.69, 9.17) is 9.47 Å². The lowest BCUT2D eigenvalue weighted by atomic mass is 9.98. The van der Waals surface area contributed by atoms with Crippen molar-refractivity contribution >= 4 is 18.0 Å². The highest BCUT2D eigenvalue weighted by Gasteiger charge is 2.47. The number of likely N-dealkylation sites (tertiary alicyclic amines) is 1. The number of amides is 2. The Morgan fingerprint density at radius 1 is 1.12 bits per heavy atom. The van der Waals surface area contributed by atoms with Gasteiger partial charge in [-0.05, 0) is 28.7 Å². The number of carbonyl (C=O) groups excluding carboxylic acids is 2. The molecule has 0 spiro atoms. The van der Waals surface area contributed by atoms with Crippen molar-refractivity contribution in [1.29, 1.82) is 0 Å². The number of carboxylic acid groups (broad SMARTS) is 1. The largest absolute Gasteiger partial charge is 0.479 e. The molecule has 2 N–H and O–H groups in total. The molecule has 0 bridgehead atoms. The normalized spacial score (nSPS) is 20.1. The zero-order valence-electron chi connectivity index (χ0n) is 18.7. The third-order valence-electron chi connectivity index (χ3n) is 6.67. The molecule has 1 fully saturated rings. The van der Waals surface area contributed by atoms with Gasteiger partial charge in [-0.2, -0.15) is 0 Å². The van der Waals surface area contributed by atoms with Gasteiger partial charge in [0.05, 0.1) is 6.54 Å². The number of nitrogens with zero attached hydrogens (tertiary/aromatic N) is 1. The van der Waals surface area contributed by atoms with Crippen LogP contribution in [0.5, 0.6) is 0 Å². The fourth-order valence-electron chi connectivity index (χ4n) is 4.74. The van der Waals surface area contributed by atoms with Crippen molar-refractivity contribution in [2.24, 2.45) is 0 Å². The molecule has 2 unspecified atom stereocenters. The van der Waals surface area contributed by atoms with Gasteiger partial charge in [-0.3, -0.25) is 4.79 Å². The van der Waals surface area contributed by atoms with Crippen molar-refractivity contribution in [3.63, 3.8) is 0 Å². The summed E-state index contributed by atoms with van der Waals surface area (Å²) in [5.41, 5.74) is 3.08. The maximum atomic E-state index is 12.9. The molecule has 33 heavy (non-hydrogen) atoms. The number of alkyl carbamates (subject to hydrolysis) is 1. The summed E-state index contributed by atoms with van der Waals surface area (Å²) < 4.78 is 10.7. The highest BCUT2D eigenvalue weighted by Crippen LogP contribution is 2.44. The molecule has 2 atom stereocenters. The first-order chi connectivity index (χ1) is 15.9. The second-order valence-electron chi connectivity index (χ2n) is 8.44. The van der Waals surface area contributed by atoms with Gasteiger partial charge in [0.25, 0.3) is 0 Å². The van der Waals surface area contributed by atoms with E-state index in [1.54, 1.807) is 6.92 Å². The molecule has 0 radical (unpaired) electrons. The lowest BCUT2D eigenvalue weighted by Crippen LogP contribution is -2.50. The first-order valence-corrected chi connectivity index (χ1v) is 11.1. The Hall–Kier alpha value is -3.39. The first kappa shape index (κ1) is 22.8. The summed E-state index contributed by atoms with van der Waals surface area (Å²) in [6.45, 7) is 2.13. The number of ether oxygens (including phenoxy) is 2. The minimum Gasteiger partial charge on any atom is -0.479 e. The molecule has 1 heterocycles. The molecule has 8 heteroatoms. The van der Waals surface area contributed by atoms with E-state index in [1.807, 2.05) is 36.4 Å². The Morgan fingerprint density at radius 2 is 1.73 bits per heavy atom. The standard InChI is InChI=1S/C25H28N2O6/c1-3-21(22(28)27-13-12-25(15-27,32-2)23(29)30)26-24(31)33-14-20-18-10-6-4-8-16(18)17-9-5-7-11-19(17)20/h4-11,20-21H,3,12-15H2,1-2H3,(H,26,31)(H,29,30). The van der Waals surface area contributed by atoms with Gasteiger partial charge in [0.1, 0.15) is 12.6 Å². The Balaban J connectivity index is 1.39. The number of hydrogen-bond donors (Lipinski definition) is 2. The molecule has 1 saturated heterocycles. The molecule has 2 amide bonds. The molecule has 2 aliphatic rings. The zero-order chi connectivity index (χ0) is 23.6. The zero-order valence-corrected chi connectivity index (χ0v) is 18.7. The average molecular weight is 453 g/mol. The van der Waals surface area contributed by atoms with Gasteiger partial charge in [0.2, 0.25) is 5.91 Å². The quantitative estimate of drug-likeness (QED) is 0.669. The smallest absolute Gasteiger partial charge is 0.407 e. The number of rotatable bonds is 7. The summed E-state index contributed by atoms with van der Waals surface area (Å²) in [7, 11) is 1.33. The van der Waals surface area contributed by atoms with Crippen LogP contribution in [-0.4, -0.2) is 66.4 Å². The van der Waals surface area contributed by atoms with Crippen molar-refractivity contribution < 1.29 is 29.0 Å². The van der Waals surface area contributed by atoms with E-state index in [0.29, 0.717) is 6.42 Å². The number of benzene rings is 2. The van der Waals surface area contributed by atoms with Gasteiger partial charge in [-0.1, -0.05) is 55.5 Å². The topological polar surface area (TPSA) is 105 Å². The van der Waals surface area contributed by atoms with Gasteiger partial charge >= 0.3 is 12.1 Å². The predicted molar refractivity (Wildman–Crippen MR) is 121 cm³/mol. The minimum absolute atomic E-state index is 0.0550. The van der Waals surface area contributed by atoms with Crippen LogP contribution in [0, 0.1) is 0 Å². The number of nitrogens with one attached hydrogen (secondary N) is 1. The first-order valence-electron chi connectivity index (χ1n) is 11.1. The van der Waals surface area contributed by atoms with Crippen LogP contribution >= 0.6 is 0 Å². The molecule has 1 aliphatic heterocycles. The molecular weight excluding hydrogens is 424 g/mol. The van der Waals surface area contributed by atoms with Gasteiger partial charge in [-0.15, -0.1) is 0 Å². The van der Waals surface area contributed by atoms with Crippen LogP contribution in [0.1, 0.15) is 36.8 Å². The van der Waals surface area contributed by atoms with Crippen LogP contribution in [0.25, 0.3) is 11.1 Å². The van der Waals surface area contributed by atoms with Crippen LogP contribution in [0.3, 0.4) is 0 Å². The maximum Gasteiger partial charge on any atom is 0.407 e. The molecule has 0 saturated carbocycles. The fourth-order valence-corrected chi connectivity index (χ4v) is 4.74. The number of carbonyl (C=O) groups is 3. The Bertz CT molecular complexity index is 1020. The SMILES string of the molecule is CCC(NC(=O)OCC1c2ccccc2-c2ccccc21)C(=O)N1CCC(OC)(C(=O)O)C1. The molecule has 2 aromatic rings. The molecular formula is C25H28N2O6. The van der Waals surface area contributed by atoms with Crippen LogP contribution < -0.4 is 5.32 Å². The summed E-state index contributed by atoms with van der Waals surface area (Å²) in [5, 5.41) is 12.1. The number of carboxylic acids is 1. The minimum atomic E-state index is -1.41. The molecule has 1 aliphatic carbocycles. The Kier molecular flexibility index (Phi) is 6.37. The van der Waals surface area contributed by atoms with E-state index in [9.17, 15) is 19.5 Å². The Labute approximate surface area is 192 Å².